The van der Waals surface area contributed by atoms with E-state index < -0.39 is 5.79 Å². The van der Waals surface area contributed by atoms with Gasteiger partial charge in [-0.3, -0.25) is 4.79 Å². The van der Waals surface area contributed by atoms with Gasteiger partial charge in [-0.1, -0.05) is 29.8 Å². The van der Waals surface area contributed by atoms with E-state index >= 15 is 0 Å². The molecular weight excluding hydrogens is 228 g/mol. The largest absolute Gasteiger partial charge is 0.347 e. The van der Waals surface area contributed by atoms with E-state index in [-0.39, 0.29) is 11.7 Å². The van der Waals surface area contributed by atoms with E-state index in [0.29, 0.717) is 19.6 Å². The molecule has 1 spiro atoms. The minimum Gasteiger partial charge on any atom is -0.347 e. The Bertz CT molecular complexity index is 461. The molecule has 2 fully saturated rings. The van der Waals surface area contributed by atoms with E-state index in [1.54, 1.807) is 0 Å². The van der Waals surface area contributed by atoms with Gasteiger partial charge in [0.1, 0.15) is 5.78 Å². The molecule has 2 aliphatic rings. The number of Topliss-reactive ketones (excluding diaryl/α,β-unsaturated/α-hetero) is 1. The molecule has 0 bridgehead atoms. The number of hydrogen-bond donors (Lipinski definition) is 0. The molecule has 0 radical (unpaired) electrons. The van der Waals surface area contributed by atoms with Gasteiger partial charge in [0.15, 0.2) is 5.79 Å². The average molecular weight is 246 g/mol. The molecule has 1 saturated carbocycles. The first-order chi connectivity index (χ1) is 8.69. The van der Waals surface area contributed by atoms with Crippen molar-refractivity contribution in [2.45, 2.75) is 37.9 Å². The van der Waals surface area contributed by atoms with Crippen LogP contribution in [0.4, 0.5) is 0 Å². The maximum absolute atomic E-state index is 12.3. The van der Waals surface area contributed by atoms with Gasteiger partial charge in [0.05, 0.1) is 19.6 Å². The minimum atomic E-state index is -0.600. The monoisotopic (exact) mass is 246 g/mol. The SMILES string of the molecule is Cc1cccc(C2CCC3(CC2=O)OCCO3)c1. The third kappa shape index (κ3) is 2.08. The lowest BCUT2D eigenvalue weighted by Gasteiger charge is -2.34. The lowest BCUT2D eigenvalue weighted by molar-refractivity contribution is -0.182. The zero-order valence-electron chi connectivity index (χ0n) is 10.6. The molecule has 0 amide bonds. The fraction of sp³-hybridized carbons (Fsp3) is 0.533. The Balaban J connectivity index is 1.78. The first-order valence-electron chi connectivity index (χ1n) is 6.56. The van der Waals surface area contributed by atoms with E-state index in [1.165, 1.54) is 5.56 Å². The maximum atomic E-state index is 12.3. The zero-order chi connectivity index (χ0) is 12.6. The molecule has 18 heavy (non-hydrogen) atoms. The summed E-state index contributed by atoms with van der Waals surface area (Å²) < 4.78 is 11.2. The number of ether oxygens (including phenoxy) is 2. The molecule has 1 aromatic rings. The second-order valence-electron chi connectivity index (χ2n) is 5.26. The highest BCUT2D eigenvalue weighted by Crippen LogP contribution is 2.40. The van der Waals surface area contributed by atoms with Gasteiger partial charge in [0.2, 0.25) is 0 Å². The van der Waals surface area contributed by atoms with Crippen molar-refractivity contribution in [3.8, 4) is 0 Å². The Hall–Kier alpha value is -1.19. The average Bonchev–Trinajstić information content (AvgIpc) is 2.77. The van der Waals surface area contributed by atoms with Gasteiger partial charge in [-0.2, -0.15) is 0 Å². The van der Waals surface area contributed by atoms with Crippen LogP contribution in [0.2, 0.25) is 0 Å². The summed E-state index contributed by atoms with van der Waals surface area (Å²) in [7, 11) is 0. The minimum absolute atomic E-state index is 0.0170. The van der Waals surface area contributed by atoms with Crippen LogP contribution >= 0.6 is 0 Å². The Morgan fingerprint density at radius 1 is 1.28 bits per heavy atom. The molecule has 1 saturated heterocycles. The van der Waals surface area contributed by atoms with Gasteiger partial charge in [0.25, 0.3) is 0 Å². The van der Waals surface area contributed by atoms with Gasteiger partial charge < -0.3 is 9.47 Å². The van der Waals surface area contributed by atoms with Crippen LogP contribution in [0.25, 0.3) is 0 Å². The zero-order valence-corrected chi connectivity index (χ0v) is 10.6. The van der Waals surface area contributed by atoms with E-state index in [1.807, 2.05) is 12.1 Å². The van der Waals surface area contributed by atoms with Crippen molar-refractivity contribution in [2.75, 3.05) is 13.2 Å². The van der Waals surface area contributed by atoms with Gasteiger partial charge in [0, 0.05) is 12.3 Å². The highest BCUT2D eigenvalue weighted by atomic mass is 16.7. The lowest BCUT2D eigenvalue weighted by Crippen LogP contribution is -2.39. The van der Waals surface area contributed by atoms with E-state index in [2.05, 4.69) is 19.1 Å². The van der Waals surface area contributed by atoms with Gasteiger partial charge in [-0.05, 0) is 18.9 Å². The summed E-state index contributed by atoms with van der Waals surface area (Å²) in [6, 6.07) is 8.23. The molecule has 1 unspecified atom stereocenters. The van der Waals surface area contributed by atoms with E-state index in [4.69, 9.17) is 9.47 Å². The molecule has 3 rings (SSSR count). The topological polar surface area (TPSA) is 35.5 Å². The van der Waals surface area contributed by atoms with Crippen molar-refractivity contribution in [1.82, 2.24) is 0 Å². The highest BCUT2D eigenvalue weighted by molar-refractivity contribution is 5.87. The summed E-state index contributed by atoms with van der Waals surface area (Å²) in [5, 5.41) is 0. The van der Waals surface area contributed by atoms with Crippen molar-refractivity contribution in [2.24, 2.45) is 0 Å². The van der Waals surface area contributed by atoms with Crippen LogP contribution in [-0.4, -0.2) is 24.8 Å². The number of ketones is 1. The number of carbonyl (C=O) groups is 1. The normalized spacial score (nSPS) is 26.7. The van der Waals surface area contributed by atoms with E-state index in [0.717, 1.165) is 18.4 Å². The lowest BCUT2D eigenvalue weighted by atomic mass is 9.79. The number of aryl methyl sites for hydroxylation is 1. The molecular formula is C15H18O3. The van der Waals surface area contributed by atoms with Crippen molar-refractivity contribution in [3.63, 3.8) is 0 Å². The fourth-order valence-corrected chi connectivity index (χ4v) is 2.99. The number of hydrogen-bond acceptors (Lipinski definition) is 3. The van der Waals surface area contributed by atoms with E-state index in [9.17, 15) is 4.79 Å². The second kappa shape index (κ2) is 4.48. The molecule has 1 atom stereocenters. The first-order valence-corrected chi connectivity index (χ1v) is 6.56. The molecule has 3 nitrogen and oxygen atoms in total. The van der Waals surface area contributed by atoms with Gasteiger partial charge in [-0.15, -0.1) is 0 Å². The predicted octanol–water partition coefficient (Wildman–Crippen LogP) is 2.57. The van der Waals surface area contributed by atoms with Crippen LogP contribution in [0.1, 0.15) is 36.3 Å². The molecule has 1 heterocycles. The van der Waals surface area contributed by atoms with Crippen LogP contribution in [0.15, 0.2) is 24.3 Å². The number of carbonyl (C=O) groups excluding carboxylic acids is 1. The van der Waals surface area contributed by atoms with Crippen LogP contribution in [0.3, 0.4) is 0 Å². The molecule has 1 aromatic carbocycles. The Kier molecular flexibility index (Phi) is 2.96. The summed E-state index contributed by atoms with van der Waals surface area (Å²) in [6.45, 7) is 3.28. The molecule has 1 aliphatic carbocycles. The van der Waals surface area contributed by atoms with Crippen molar-refractivity contribution in [1.29, 1.82) is 0 Å². The molecule has 1 aliphatic heterocycles. The Labute approximate surface area is 107 Å². The smallest absolute Gasteiger partial charge is 0.175 e. The van der Waals surface area contributed by atoms with Crippen LogP contribution in [0.5, 0.6) is 0 Å². The molecule has 0 aromatic heterocycles. The Morgan fingerprint density at radius 2 is 2.06 bits per heavy atom. The first kappa shape index (κ1) is 11.9. The third-order valence-electron chi connectivity index (χ3n) is 3.90. The Morgan fingerprint density at radius 3 is 2.72 bits per heavy atom. The van der Waals surface area contributed by atoms with Gasteiger partial charge in [-0.25, -0.2) is 0 Å². The molecule has 3 heteroatoms. The van der Waals surface area contributed by atoms with Crippen molar-refractivity contribution < 1.29 is 14.3 Å². The summed E-state index contributed by atoms with van der Waals surface area (Å²) in [5.41, 5.74) is 2.34. The van der Waals surface area contributed by atoms with Crippen molar-refractivity contribution >= 4 is 5.78 Å². The van der Waals surface area contributed by atoms with Crippen LogP contribution < -0.4 is 0 Å². The quantitative estimate of drug-likeness (QED) is 0.764. The number of rotatable bonds is 1. The van der Waals surface area contributed by atoms with Crippen molar-refractivity contribution in [3.05, 3.63) is 35.4 Å². The number of benzene rings is 1. The van der Waals surface area contributed by atoms with Gasteiger partial charge >= 0.3 is 0 Å². The third-order valence-corrected chi connectivity index (χ3v) is 3.90. The molecule has 0 N–H and O–H groups in total. The fourth-order valence-electron chi connectivity index (χ4n) is 2.99. The summed E-state index contributed by atoms with van der Waals surface area (Å²) >= 11 is 0. The van der Waals surface area contributed by atoms with Crippen LogP contribution in [0, 0.1) is 6.92 Å². The highest BCUT2D eigenvalue weighted by Gasteiger charge is 2.44. The molecule has 96 valence electrons. The predicted molar refractivity (Wildman–Crippen MR) is 67.4 cm³/mol. The second-order valence-corrected chi connectivity index (χ2v) is 5.26. The summed E-state index contributed by atoms with van der Waals surface area (Å²) in [5.74, 6) is -0.339. The summed E-state index contributed by atoms with van der Waals surface area (Å²) in [4.78, 5) is 12.3. The maximum Gasteiger partial charge on any atom is 0.175 e. The standard InChI is InChI=1S/C15H18O3/c1-11-3-2-4-12(9-11)13-5-6-15(10-14(13)16)17-7-8-18-15/h2-4,9,13H,5-8,10H2,1H3. The van der Waals surface area contributed by atoms with Crippen LogP contribution in [-0.2, 0) is 14.3 Å². The summed E-state index contributed by atoms with van der Waals surface area (Å²) in [6.07, 6.45) is 2.03.